The number of nitrogens with one attached hydrogen (secondary N) is 1. The van der Waals surface area contributed by atoms with Gasteiger partial charge in [-0.3, -0.25) is 10.1 Å². The zero-order valence-corrected chi connectivity index (χ0v) is 12.2. The van der Waals surface area contributed by atoms with Crippen LogP contribution in [-0.4, -0.2) is 35.0 Å². The van der Waals surface area contributed by atoms with Crippen LogP contribution in [0.2, 0.25) is 0 Å². The molecule has 0 bridgehead atoms. The molecule has 1 aliphatic carbocycles. The van der Waals surface area contributed by atoms with Gasteiger partial charge >= 0.3 is 5.69 Å². The summed E-state index contributed by atoms with van der Waals surface area (Å²) in [7, 11) is 3.59. The Morgan fingerprint density at radius 3 is 2.85 bits per heavy atom. The summed E-state index contributed by atoms with van der Waals surface area (Å²) in [5, 5.41) is 14.0. The minimum atomic E-state index is -0.419. The molecule has 0 aromatic carbocycles. The van der Waals surface area contributed by atoms with E-state index in [2.05, 4.69) is 22.2 Å². The highest BCUT2D eigenvalue weighted by Gasteiger charge is 2.28. The zero-order valence-electron chi connectivity index (χ0n) is 12.2. The van der Waals surface area contributed by atoms with Crippen LogP contribution in [0.3, 0.4) is 0 Å². The number of rotatable bonds is 4. The topological polar surface area (TPSA) is 84.2 Å². The average molecular weight is 279 g/mol. The highest BCUT2D eigenvalue weighted by Crippen LogP contribution is 2.33. The van der Waals surface area contributed by atoms with Gasteiger partial charge in [0.05, 0.1) is 4.92 Å². The van der Waals surface area contributed by atoms with Crippen LogP contribution in [0, 0.1) is 16.0 Å². The Morgan fingerprint density at radius 2 is 2.25 bits per heavy atom. The Balaban J connectivity index is 2.31. The fraction of sp³-hybridized carbons (Fsp3) is 0.692. The predicted molar refractivity (Wildman–Crippen MR) is 78.1 cm³/mol. The second-order valence-electron chi connectivity index (χ2n) is 5.45. The fourth-order valence-electron chi connectivity index (χ4n) is 2.80. The van der Waals surface area contributed by atoms with E-state index in [-0.39, 0.29) is 5.69 Å². The molecular weight excluding hydrogens is 258 g/mol. The summed E-state index contributed by atoms with van der Waals surface area (Å²) in [4.78, 5) is 20.9. The summed E-state index contributed by atoms with van der Waals surface area (Å²) in [6.07, 6.45) is 5.77. The van der Waals surface area contributed by atoms with Gasteiger partial charge in [0.25, 0.3) is 0 Å². The van der Waals surface area contributed by atoms with Gasteiger partial charge in [0.2, 0.25) is 11.8 Å². The molecule has 0 amide bonds. The molecule has 1 saturated carbocycles. The summed E-state index contributed by atoms with van der Waals surface area (Å²) in [5.74, 6) is 1.45. The molecule has 0 spiro atoms. The highest BCUT2D eigenvalue weighted by atomic mass is 16.6. The van der Waals surface area contributed by atoms with E-state index < -0.39 is 4.92 Å². The smallest absolute Gasteiger partial charge is 0.329 e. The second kappa shape index (κ2) is 6.02. The Morgan fingerprint density at radius 1 is 1.50 bits per heavy atom. The molecule has 2 rings (SSSR count). The number of anilines is 2. The van der Waals surface area contributed by atoms with E-state index in [9.17, 15) is 10.1 Å². The van der Waals surface area contributed by atoms with Crippen LogP contribution < -0.4 is 10.2 Å². The third-order valence-corrected chi connectivity index (χ3v) is 3.96. The fourth-order valence-corrected chi connectivity index (χ4v) is 2.80. The summed E-state index contributed by atoms with van der Waals surface area (Å²) < 4.78 is 0. The minimum absolute atomic E-state index is 0.0373. The zero-order chi connectivity index (χ0) is 14.7. The molecule has 1 heterocycles. The van der Waals surface area contributed by atoms with E-state index in [0.29, 0.717) is 23.7 Å². The van der Waals surface area contributed by atoms with Crippen molar-refractivity contribution < 1.29 is 4.92 Å². The van der Waals surface area contributed by atoms with Crippen molar-refractivity contribution in [3.63, 3.8) is 0 Å². The molecule has 1 aliphatic rings. The lowest BCUT2D eigenvalue weighted by Gasteiger charge is -2.34. The highest BCUT2D eigenvalue weighted by molar-refractivity contribution is 5.59. The maximum Gasteiger partial charge on any atom is 0.329 e. The standard InChI is InChI=1S/C13H21N5O2/c1-9-5-4-6-10(7-9)17(3)12-11(18(19)20)8-15-13(14-2)16-12/h8-10H,4-7H2,1-3H3,(H,14,15,16). The second-order valence-corrected chi connectivity index (χ2v) is 5.45. The van der Waals surface area contributed by atoms with E-state index in [1.54, 1.807) is 7.05 Å². The molecule has 20 heavy (non-hydrogen) atoms. The van der Waals surface area contributed by atoms with Crippen LogP contribution in [0.25, 0.3) is 0 Å². The monoisotopic (exact) mass is 279 g/mol. The molecule has 2 unspecified atom stereocenters. The average Bonchev–Trinajstić information content (AvgIpc) is 2.45. The molecule has 7 heteroatoms. The molecule has 1 aromatic rings. The molecule has 110 valence electrons. The Bertz CT molecular complexity index is 494. The predicted octanol–water partition coefficient (Wildman–Crippen LogP) is 2.44. The van der Waals surface area contributed by atoms with Gasteiger partial charge < -0.3 is 10.2 Å². The lowest BCUT2D eigenvalue weighted by molar-refractivity contribution is -0.384. The van der Waals surface area contributed by atoms with Crippen LogP contribution in [0.1, 0.15) is 32.6 Å². The maximum atomic E-state index is 11.2. The van der Waals surface area contributed by atoms with Gasteiger partial charge in [-0.2, -0.15) is 4.98 Å². The Kier molecular flexibility index (Phi) is 4.36. The number of hydrogen-bond acceptors (Lipinski definition) is 6. The van der Waals surface area contributed by atoms with Crippen molar-refractivity contribution in [1.82, 2.24) is 9.97 Å². The van der Waals surface area contributed by atoms with Crippen molar-refractivity contribution >= 4 is 17.5 Å². The van der Waals surface area contributed by atoms with Gasteiger partial charge in [-0.15, -0.1) is 0 Å². The Hall–Kier alpha value is -1.92. The summed E-state index contributed by atoms with van der Waals surface area (Å²) >= 11 is 0. The summed E-state index contributed by atoms with van der Waals surface area (Å²) in [5.41, 5.74) is -0.0373. The van der Waals surface area contributed by atoms with Crippen LogP contribution in [0.5, 0.6) is 0 Å². The van der Waals surface area contributed by atoms with E-state index in [1.165, 1.54) is 12.6 Å². The van der Waals surface area contributed by atoms with E-state index in [4.69, 9.17) is 0 Å². The number of nitro groups is 1. The Labute approximate surface area is 118 Å². The SMILES string of the molecule is CNc1ncc([N+](=O)[O-])c(N(C)C2CCCC(C)C2)n1. The molecule has 0 saturated heterocycles. The van der Waals surface area contributed by atoms with Crippen molar-refractivity contribution in [2.45, 2.75) is 38.6 Å². The van der Waals surface area contributed by atoms with Crippen molar-refractivity contribution in [2.75, 3.05) is 24.3 Å². The minimum Gasteiger partial charge on any atom is -0.357 e. The number of hydrogen-bond donors (Lipinski definition) is 1. The van der Waals surface area contributed by atoms with Crippen molar-refractivity contribution in [2.24, 2.45) is 5.92 Å². The summed E-state index contributed by atoms with van der Waals surface area (Å²) in [6, 6.07) is 0.303. The lowest BCUT2D eigenvalue weighted by atomic mass is 9.86. The van der Waals surface area contributed by atoms with Crippen molar-refractivity contribution in [3.8, 4) is 0 Å². The van der Waals surface area contributed by atoms with E-state index >= 15 is 0 Å². The van der Waals surface area contributed by atoms with E-state index in [1.807, 2.05) is 11.9 Å². The maximum absolute atomic E-state index is 11.2. The van der Waals surface area contributed by atoms with Gasteiger partial charge in [0.15, 0.2) is 0 Å². The third-order valence-electron chi connectivity index (χ3n) is 3.96. The molecule has 0 aliphatic heterocycles. The van der Waals surface area contributed by atoms with Crippen LogP contribution >= 0.6 is 0 Å². The molecule has 1 aromatic heterocycles. The summed E-state index contributed by atoms with van der Waals surface area (Å²) in [6.45, 7) is 2.23. The van der Waals surface area contributed by atoms with Crippen LogP contribution in [0.15, 0.2) is 6.20 Å². The van der Waals surface area contributed by atoms with Crippen molar-refractivity contribution in [1.29, 1.82) is 0 Å². The third kappa shape index (κ3) is 2.97. The number of nitrogens with zero attached hydrogens (tertiary/aromatic N) is 4. The first-order valence-electron chi connectivity index (χ1n) is 6.95. The largest absolute Gasteiger partial charge is 0.357 e. The van der Waals surface area contributed by atoms with Gasteiger partial charge in [-0.05, 0) is 18.8 Å². The molecule has 1 N–H and O–H groups in total. The normalized spacial score (nSPS) is 22.4. The van der Waals surface area contributed by atoms with Crippen molar-refractivity contribution in [3.05, 3.63) is 16.3 Å². The first-order valence-corrected chi connectivity index (χ1v) is 6.95. The van der Waals surface area contributed by atoms with Crippen LogP contribution in [0.4, 0.5) is 17.5 Å². The lowest BCUT2D eigenvalue weighted by Crippen LogP contribution is -2.36. The van der Waals surface area contributed by atoms with Crippen LogP contribution in [-0.2, 0) is 0 Å². The van der Waals surface area contributed by atoms with Gasteiger partial charge in [0.1, 0.15) is 6.20 Å². The number of aromatic nitrogens is 2. The van der Waals surface area contributed by atoms with Gasteiger partial charge in [0, 0.05) is 20.1 Å². The first kappa shape index (κ1) is 14.5. The quantitative estimate of drug-likeness (QED) is 0.673. The molecule has 1 fully saturated rings. The van der Waals surface area contributed by atoms with Gasteiger partial charge in [-0.25, -0.2) is 4.98 Å². The molecule has 0 radical (unpaired) electrons. The molecule has 2 atom stereocenters. The first-order chi connectivity index (χ1) is 9.52. The van der Waals surface area contributed by atoms with E-state index in [0.717, 1.165) is 19.3 Å². The molecular formula is C13H21N5O2. The molecule has 7 nitrogen and oxygen atoms in total. The van der Waals surface area contributed by atoms with Gasteiger partial charge in [-0.1, -0.05) is 19.8 Å².